The number of hydrogen-bond acceptors (Lipinski definition) is 1. The Balaban J connectivity index is 2.19. The van der Waals surface area contributed by atoms with E-state index in [1.54, 1.807) is 0 Å². The molecule has 1 unspecified atom stereocenters. The van der Waals surface area contributed by atoms with Gasteiger partial charge in [0, 0.05) is 12.0 Å². The quantitative estimate of drug-likeness (QED) is 0.732. The largest absolute Gasteiger partial charge is 0.489 e. The van der Waals surface area contributed by atoms with E-state index in [9.17, 15) is 13.2 Å². The van der Waals surface area contributed by atoms with Gasteiger partial charge in [-0.15, -0.1) is 0 Å². The number of ether oxygens (including phenoxy) is 1. The standard InChI is InChI=1S/C17H14F3O/c1-10-3-5-12(6-4-10)15-9-14(17(18,19)20)8-13-7-11(2)21-16(13)15/h3-6,8-9,11H,2,7H2,1H3. The summed E-state index contributed by atoms with van der Waals surface area (Å²) in [6.45, 7) is 5.72. The summed E-state index contributed by atoms with van der Waals surface area (Å²) in [6, 6.07) is 9.69. The molecule has 0 aliphatic carbocycles. The molecule has 0 saturated carbocycles. The molecule has 21 heavy (non-hydrogen) atoms. The normalized spacial score (nSPS) is 17.5. The summed E-state index contributed by atoms with van der Waals surface area (Å²) in [4.78, 5) is 0. The van der Waals surface area contributed by atoms with Gasteiger partial charge in [-0.05, 0) is 37.1 Å². The molecule has 3 rings (SSSR count). The van der Waals surface area contributed by atoms with Crippen molar-refractivity contribution in [1.29, 1.82) is 0 Å². The predicted octanol–water partition coefficient (Wildman–Crippen LogP) is 4.82. The second-order valence-electron chi connectivity index (χ2n) is 5.32. The molecule has 1 heterocycles. The fourth-order valence-electron chi connectivity index (χ4n) is 2.54. The van der Waals surface area contributed by atoms with Crippen LogP contribution in [0.15, 0.2) is 36.4 Å². The van der Waals surface area contributed by atoms with Crippen molar-refractivity contribution in [3.05, 3.63) is 60.0 Å². The molecule has 0 fully saturated rings. The van der Waals surface area contributed by atoms with Gasteiger partial charge in [0.25, 0.3) is 0 Å². The maximum atomic E-state index is 13.1. The lowest BCUT2D eigenvalue weighted by Gasteiger charge is -2.14. The molecule has 0 bridgehead atoms. The number of fused-ring (bicyclic) bond motifs is 1. The Labute approximate surface area is 121 Å². The second-order valence-corrected chi connectivity index (χ2v) is 5.32. The highest BCUT2D eigenvalue weighted by molar-refractivity contribution is 5.74. The third kappa shape index (κ3) is 2.62. The summed E-state index contributed by atoms with van der Waals surface area (Å²) in [7, 11) is 0. The van der Waals surface area contributed by atoms with Crippen LogP contribution < -0.4 is 4.74 Å². The first-order chi connectivity index (χ1) is 9.84. The van der Waals surface area contributed by atoms with Gasteiger partial charge in [0.2, 0.25) is 0 Å². The van der Waals surface area contributed by atoms with E-state index in [4.69, 9.17) is 4.74 Å². The second kappa shape index (κ2) is 4.79. The van der Waals surface area contributed by atoms with Gasteiger partial charge < -0.3 is 4.74 Å². The zero-order valence-electron chi connectivity index (χ0n) is 11.5. The predicted molar refractivity (Wildman–Crippen MR) is 75.1 cm³/mol. The molecule has 1 atom stereocenters. The van der Waals surface area contributed by atoms with Crippen LogP contribution in [0, 0.1) is 13.8 Å². The summed E-state index contributed by atoms with van der Waals surface area (Å²) in [6.07, 6.45) is -4.31. The highest BCUT2D eigenvalue weighted by atomic mass is 19.4. The molecule has 0 N–H and O–H groups in total. The fourth-order valence-corrected chi connectivity index (χ4v) is 2.54. The third-order valence-corrected chi connectivity index (χ3v) is 3.59. The smallest absolute Gasteiger partial charge is 0.416 e. The molecule has 109 valence electrons. The minimum atomic E-state index is -4.37. The van der Waals surface area contributed by atoms with Gasteiger partial charge in [-0.2, -0.15) is 13.2 Å². The molecule has 1 radical (unpaired) electrons. The van der Waals surface area contributed by atoms with Crippen molar-refractivity contribution in [3.63, 3.8) is 0 Å². The fraction of sp³-hybridized carbons (Fsp3) is 0.235. The van der Waals surface area contributed by atoms with Crippen LogP contribution in [0.4, 0.5) is 13.2 Å². The molecular formula is C17H14F3O. The van der Waals surface area contributed by atoms with E-state index in [-0.39, 0.29) is 6.10 Å². The molecule has 1 aliphatic rings. The number of halogens is 3. The van der Waals surface area contributed by atoms with Crippen molar-refractivity contribution in [1.82, 2.24) is 0 Å². The molecule has 4 heteroatoms. The van der Waals surface area contributed by atoms with Crippen molar-refractivity contribution >= 4 is 0 Å². The minimum absolute atomic E-state index is 0.340. The molecule has 2 aromatic carbocycles. The highest BCUT2D eigenvalue weighted by Crippen LogP contribution is 2.43. The zero-order valence-corrected chi connectivity index (χ0v) is 11.5. The number of hydrogen-bond donors (Lipinski definition) is 0. The van der Waals surface area contributed by atoms with Gasteiger partial charge in [0.15, 0.2) is 0 Å². The summed E-state index contributed by atoms with van der Waals surface area (Å²) in [5.74, 6) is 0.520. The minimum Gasteiger partial charge on any atom is -0.489 e. The maximum absolute atomic E-state index is 13.1. The Hall–Kier alpha value is -1.97. The van der Waals surface area contributed by atoms with Gasteiger partial charge in [-0.3, -0.25) is 0 Å². The van der Waals surface area contributed by atoms with Crippen LogP contribution >= 0.6 is 0 Å². The van der Waals surface area contributed by atoms with E-state index in [2.05, 4.69) is 6.92 Å². The zero-order chi connectivity index (χ0) is 15.2. The van der Waals surface area contributed by atoms with E-state index >= 15 is 0 Å². The lowest BCUT2D eigenvalue weighted by Crippen LogP contribution is -2.06. The molecule has 1 aliphatic heterocycles. The molecule has 0 spiro atoms. The first kappa shape index (κ1) is 14.0. The first-order valence-electron chi connectivity index (χ1n) is 6.65. The van der Waals surface area contributed by atoms with Crippen LogP contribution in [0.2, 0.25) is 0 Å². The summed E-state index contributed by atoms with van der Waals surface area (Å²) < 4.78 is 44.8. The van der Waals surface area contributed by atoms with Crippen LogP contribution in [-0.4, -0.2) is 6.10 Å². The average Bonchev–Trinajstić information content (AvgIpc) is 2.77. The van der Waals surface area contributed by atoms with E-state index < -0.39 is 11.7 Å². The molecule has 2 aromatic rings. The van der Waals surface area contributed by atoms with E-state index in [1.807, 2.05) is 31.2 Å². The topological polar surface area (TPSA) is 9.23 Å². The highest BCUT2D eigenvalue weighted by Gasteiger charge is 2.34. The Morgan fingerprint density at radius 3 is 2.43 bits per heavy atom. The maximum Gasteiger partial charge on any atom is 0.416 e. The van der Waals surface area contributed by atoms with Crippen molar-refractivity contribution < 1.29 is 17.9 Å². The van der Waals surface area contributed by atoms with E-state index in [0.717, 1.165) is 23.3 Å². The van der Waals surface area contributed by atoms with Crippen molar-refractivity contribution in [2.24, 2.45) is 0 Å². The van der Waals surface area contributed by atoms with Gasteiger partial charge >= 0.3 is 6.18 Å². The van der Waals surface area contributed by atoms with Crippen LogP contribution in [0.25, 0.3) is 11.1 Å². The van der Waals surface area contributed by atoms with Crippen molar-refractivity contribution in [3.8, 4) is 16.9 Å². The summed E-state index contributed by atoms with van der Waals surface area (Å²) >= 11 is 0. The molecule has 0 amide bonds. The Morgan fingerprint density at radius 1 is 1.14 bits per heavy atom. The van der Waals surface area contributed by atoms with E-state index in [0.29, 0.717) is 23.3 Å². The summed E-state index contributed by atoms with van der Waals surface area (Å²) in [5, 5.41) is 0. The van der Waals surface area contributed by atoms with Gasteiger partial charge in [-0.25, -0.2) is 0 Å². The van der Waals surface area contributed by atoms with Crippen molar-refractivity contribution in [2.45, 2.75) is 25.6 Å². The van der Waals surface area contributed by atoms with E-state index in [1.165, 1.54) is 0 Å². The lowest BCUT2D eigenvalue weighted by molar-refractivity contribution is -0.137. The Kier molecular flexibility index (Phi) is 3.19. The SMILES string of the molecule is [CH2]C1Cc2cc(C(F)(F)F)cc(-c3ccc(C)cc3)c2O1. The van der Waals surface area contributed by atoms with Gasteiger partial charge in [0.05, 0.1) is 5.56 Å². The van der Waals surface area contributed by atoms with Crippen LogP contribution in [0.5, 0.6) is 5.75 Å². The first-order valence-corrected chi connectivity index (χ1v) is 6.65. The number of rotatable bonds is 1. The van der Waals surface area contributed by atoms with Gasteiger partial charge in [-0.1, -0.05) is 29.8 Å². The van der Waals surface area contributed by atoms with Gasteiger partial charge in [0.1, 0.15) is 11.9 Å². The lowest BCUT2D eigenvalue weighted by atomic mass is 9.96. The Bertz CT molecular complexity index is 672. The number of alkyl halides is 3. The average molecular weight is 291 g/mol. The molecule has 0 saturated heterocycles. The van der Waals surface area contributed by atoms with Crippen LogP contribution in [0.1, 0.15) is 16.7 Å². The molecular weight excluding hydrogens is 277 g/mol. The number of benzene rings is 2. The van der Waals surface area contributed by atoms with Crippen LogP contribution in [-0.2, 0) is 12.6 Å². The summed E-state index contributed by atoms with van der Waals surface area (Å²) in [5.41, 5.74) is 2.18. The van der Waals surface area contributed by atoms with Crippen LogP contribution in [0.3, 0.4) is 0 Å². The van der Waals surface area contributed by atoms with Crippen molar-refractivity contribution in [2.75, 3.05) is 0 Å². The third-order valence-electron chi connectivity index (χ3n) is 3.59. The monoisotopic (exact) mass is 291 g/mol. The molecule has 0 aromatic heterocycles. The number of aryl methyl sites for hydroxylation is 1. The molecule has 1 nitrogen and oxygen atoms in total. The Morgan fingerprint density at radius 2 is 1.81 bits per heavy atom.